The van der Waals surface area contributed by atoms with Crippen molar-refractivity contribution in [3.8, 4) is 0 Å². The van der Waals surface area contributed by atoms with Crippen molar-refractivity contribution >= 4 is 0 Å². The van der Waals surface area contributed by atoms with Gasteiger partial charge in [0.05, 0.1) is 0 Å². The van der Waals surface area contributed by atoms with E-state index in [0.717, 1.165) is 0 Å². The normalized spacial score (nSPS) is 6.78. The van der Waals surface area contributed by atoms with Gasteiger partial charge < -0.3 is 24.0 Å². The predicted molar refractivity (Wildman–Crippen MR) is 30.0 cm³/mol. The van der Waals surface area contributed by atoms with E-state index in [9.17, 15) is 0 Å². The fourth-order valence-corrected chi connectivity index (χ4v) is 0.483. The molecule has 0 saturated heterocycles. The Bertz CT molecular complexity index is 139. The Morgan fingerprint density at radius 3 is 2.22 bits per heavy atom. The molecule has 0 aliphatic rings. The summed E-state index contributed by atoms with van der Waals surface area (Å²) in [6.07, 6.45) is 0. The third-order valence-corrected chi connectivity index (χ3v) is 0.865. The molecule has 44 valence electrons. The first-order valence-electron chi connectivity index (χ1n) is 2.33. The van der Waals surface area contributed by atoms with Crippen LogP contribution in [0.3, 0.4) is 0 Å². The number of aryl methyl sites for hydroxylation is 1. The van der Waals surface area contributed by atoms with Crippen molar-refractivity contribution in [3.63, 3.8) is 0 Å². The SMILES string of the molecule is Cc1[c-]cccc1.[I-].[Zn+2]. The van der Waals surface area contributed by atoms with Gasteiger partial charge in [0.15, 0.2) is 0 Å². The molecule has 0 radical (unpaired) electrons. The van der Waals surface area contributed by atoms with Gasteiger partial charge in [-0.15, -0.1) is 0 Å². The number of rotatable bonds is 0. The largest absolute Gasteiger partial charge is 2.00 e. The van der Waals surface area contributed by atoms with Crippen molar-refractivity contribution in [2.75, 3.05) is 0 Å². The van der Waals surface area contributed by atoms with E-state index in [1.807, 2.05) is 31.2 Å². The van der Waals surface area contributed by atoms with E-state index in [2.05, 4.69) is 6.07 Å². The Morgan fingerprint density at radius 1 is 1.33 bits per heavy atom. The summed E-state index contributed by atoms with van der Waals surface area (Å²) in [5, 5.41) is 0. The van der Waals surface area contributed by atoms with Gasteiger partial charge in [-0.25, -0.2) is 0 Å². The van der Waals surface area contributed by atoms with Crippen molar-refractivity contribution < 1.29 is 43.5 Å². The van der Waals surface area contributed by atoms with Crippen LogP contribution in [0.15, 0.2) is 24.3 Å². The second-order valence-corrected chi connectivity index (χ2v) is 1.55. The topological polar surface area (TPSA) is 0 Å². The van der Waals surface area contributed by atoms with Crippen molar-refractivity contribution in [2.24, 2.45) is 0 Å². The second kappa shape index (κ2) is 6.69. The smallest absolute Gasteiger partial charge is 1.00 e. The van der Waals surface area contributed by atoms with Crippen LogP contribution in [-0.2, 0) is 19.5 Å². The molecule has 0 aliphatic heterocycles. The monoisotopic (exact) mass is 282 g/mol. The molecule has 0 aliphatic carbocycles. The van der Waals surface area contributed by atoms with Gasteiger partial charge in [0.25, 0.3) is 0 Å². The zero-order valence-corrected chi connectivity index (χ0v) is 10.5. The first kappa shape index (κ1) is 12.3. The quantitative estimate of drug-likeness (QED) is 0.319. The summed E-state index contributed by atoms with van der Waals surface area (Å²) in [4.78, 5) is 0. The van der Waals surface area contributed by atoms with Crippen LogP contribution in [0.1, 0.15) is 5.56 Å². The van der Waals surface area contributed by atoms with Crippen molar-refractivity contribution in [1.82, 2.24) is 0 Å². The molecule has 0 N–H and O–H groups in total. The van der Waals surface area contributed by atoms with Gasteiger partial charge >= 0.3 is 19.5 Å². The zero-order chi connectivity index (χ0) is 5.11. The Labute approximate surface area is 85.8 Å². The molecule has 0 atom stereocenters. The van der Waals surface area contributed by atoms with E-state index in [1.54, 1.807) is 0 Å². The van der Waals surface area contributed by atoms with Gasteiger partial charge in [-0.05, 0) is 0 Å². The van der Waals surface area contributed by atoms with Crippen molar-refractivity contribution in [2.45, 2.75) is 6.92 Å². The van der Waals surface area contributed by atoms with Gasteiger partial charge in [0.2, 0.25) is 0 Å². The zero-order valence-electron chi connectivity index (χ0n) is 5.39. The summed E-state index contributed by atoms with van der Waals surface area (Å²) in [6.45, 7) is 2.03. The minimum atomic E-state index is 0. The molecule has 9 heavy (non-hydrogen) atoms. The van der Waals surface area contributed by atoms with Crippen molar-refractivity contribution in [1.29, 1.82) is 0 Å². The molecule has 0 nitrogen and oxygen atoms in total. The van der Waals surface area contributed by atoms with Crippen LogP contribution < -0.4 is 24.0 Å². The van der Waals surface area contributed by atoms with Crippen LogP contribution in [0.5, 0.6) is 0 Å². The summed E-state index contributed by atoms with van der Waals surface area (Å²) in [5.41, 5.74) is 1.20. The average molecular weight is 283 g/mol. The van der Waals surface area contributed by atoms with E-state index in [-0.39, 0.29) is 43.5 Å². The summed E-state index contributed by atoms with van der Waals surface area (Å²) in [5.74, 6) is 0. The Balaban J connectivity index is 0. The summed E-state index contributed by atoms with van der Waals surface area (Å²) in [6, 6.07) is 10.9. The number of hydrogen-bond acceptors (Lipinski definition) is 0. The molecule has 1 rings (SSSR count). The standard InChI is InChI=1S/C7H7.HI.Zn/c1-7-5-3-2-4-6-7;;/h2-5H,1H3;1H;/q-1;;+2/p-1. The number of benzene rings is 1. The van der Waals surface area contributed by atoms with Crippen LogP contribution in [0, 0.1) is 13.0 Å². The fraction of sp³-hybridized carbons (Fsp3) is 0.143. The molecule has 0 saturated carbocycles. The van der Waals surface area contributed by atoms with Crippen molar-refractivity contribution in [3.05, 3.63) is 35.9 Å². The van der Waals surface area contributed by atoms with Gasteiger partial charge in [0, 0.05) is 0 Å². The molecule has 0 unspecified atom stereocenters. The molecular weight excluding hydrogens is 276 g/mol. The van der Waals surface area contributed by atoms with Gasteiger partial charge in [0.1, 0.15) is 0 Å². The van der Waals surface area contributed by atoms with Crippen LogP contribution in [0.2, 0.25) is 0 Å². The molecular formula is C7H7IZn. The molecule has 0 amide bonds. The molecule has 1 aromatic carbocycles. The van der Waals surface area contributed by atoms with Crippen LogP contribution in [0.25, 0.3) is 0 Å². The minimum absolute atomic E-state index is 0. The van der Waals surface area contributed by atoms with Gasteiger partial charge in [-0.3, -0.25) is 0 Å². The first-order valence-corrected chi connectivity index (χ1v) is 2.33. The Morgan fingerprint density at radius 2 is 2.00 bits per heavy atom. The van der Waals surface area contributed by atoms with E-state index in [4.69, 9.17) is 0 Å². The first-order chi connectivity index (χ1) is 3.39. The van der Waals surface area contributed by atoms with E-state index < -0.39 is 0 Å². The predicted octanol–water partition coefficient (Wildman–Crippen LogP) is -1.20. The molecule has 0 heterocycles. The third-order valence-electron chi connectivity index (χ3n) is 0.865. The summed E-state index contributed by atoms with van der Waals surface area (Å²) >= 11 is 0. The molecule has 0 aromatic heterocycles. The van der Waals surface area contributed by atoms with Crippen LogP contribution in [0.4, 0.5) is 0 Å². The maximum atomic E-state index is 3.03. The molecule has 0 bridgehead atoms. The molecule has 2 heteroatoms. The van der Waals surface area contributed by atoms with Gasteiger partial charge in [-0.2, -0.15) is 35.9 Å². The molecule has 0 spiro atoms. The summed E-state index contributed by atoms with van der Waals surface area (Å²) < 4.78 is 0. The average Bonchev–Trinajstić information content (AvgIpc) is 1.69. The number of halogens is 1. The van der Waals surface area contributed by atoms with E-state index in [1.165, 1.54) is 5.56 Å². The maximum absolute atomic E-state index is 3.03. The molecule has 0 fully saturated rings. The second-order valence-electron chi connectivity index (χ2n) is 1.55. The Hall–Kier alpha value is 0.573. The van der Waals surface area contributed by atoms with Crippen LogP contribution in [-0.4, -0.2) is 0 Å². The van der Waals surface area contributed by atoms with Crippen LogP contribution >= 0.6 is 0 Å². The summed E-state index contributed by atoms with van der Waals surface area (Å²) in [7, 11) is 0. The van der Waals surface area contributed by atoms with E-state index >= 15 is 0 Å². The third kappa shape index (κ3) is 5.04. The van der Waals surface area contributed by atoms with Gasteiger partial charge in [-0.1, -0.05) is 6.92 Å². The molecule has 1 aromatic rings. The fourth-order valence-electron chi connectivity index (χ4n) is 0.483. The van der Waals surface area contributed by atoms with E-state index in [0.29, 0.717) is 0 Å². The Kier molecular flexibility index (Phi) is 9.12. The minimum Gasteiger partial charge on any atom is -1.00 e. The number of hydrogen-bond donors (Lipinski definition) is 0. The maximum Gasteiger partial charge on any atom is 2.00 e.